The van der Waals surface area contributed by atoms with Crippen LogP contribution in [0.4, 0.5) is 0 Å². The van der Waals surface area contributed by atoms with Crippen molar-refractivity contribution in [3.8, 4) is 5.75 Å². The van der Waals surface area contributed by atoms with E-state index in [0.29, 0.717) is 6.42 Å². The topological polar surface area (TPSA) is 74.6 Å². The summed E-state index contributed by atoms with van der Waals surface area (Å²) >= 11 is 0. The SMILES string of the molecule is CCCCCCCCCc1c(O)cc(S(=O)(=O)O)c(CCCCCCCCC)c1CCCCCCCCC. The highest BCUT2D eigenvalue weighted by atomic mass is 32.2. The Labute approximate surface area is 236 Å². The molecule has 1 aromatic rings. The highest BCUT2D eigenvalue weighted by Gasteiger charge is 2.23. The molecular formula is C33H60O4S. The number of unbranched alkanes of at least 4 members (excludes halogenated alkanes) is 18. The van der Waals surface area contributed by atoms with Gasteiger partial charge in [0.1, 0.15) is 10.6 Å². The Balaban J connectivity index is 3.01. The molecule has 0 bridgehead atoms. The van der Waals surface area contributed by atoms with Crippen LogP contribution in [0.15, 0.2) is 11.0 Å². The first-order valence-electron chi connectivity index (χ1n) is 16.2. The zero-order chi connectivity index (χ0) is 28.1. The molecule has 1 aromatic carbocycles. The highest BCUT2D eigenvalue weighted by molar-refractivity contribution is 7.85. The lowest BCUT2D eigenvalue weighted by Crippen LogP contribution is -2.10. The van der Waals surface area contributed by atoms with E-state index in [0.717, 1.165) is 74.5 Å². The molecule has 5 heteroatoms. The summed E-state index contributed by atoms with van der Waals surface area (Å²) in [5.41, 5.74) is 2.70. The maximum Gasteiger partial charge on any atom is 0.294 e. The zero-order valence-electron chi connectivity index (χ0n) is 25.2. The summed E-state index contributed by atoms with van der Waals surface area (Å²) in [5.74, 6) is 0.0462. The lowest BCUT2D eigenvalue weighted by Gasteiger charge is -2.20. The van der Waals surface area contributed by atoms with Gasteiger partial charge in [0.05, 0.1) is 0 Å². The quantitative estimate of drug-likeness (QED) is 0.0934. The van der Waals surface area contributed by atoms with Crippen LogP contribution in [-0.2, 0) is 29.4 Å². The minimum atomic E-state index is -4.39. The second-order valence-corrected chi connectivity index (χ2v) is 12.8. The zero-order valence-corrected chi connectivity index (χ0v) is 26.0. The van der Waals surface area contributed by atoms with E-state index in [2.05, 4.69) is 20.8 Å². The Bertz CT molecular complexity index is 832. The number of hydrogen-bond acceptors (Lipinski definition) is 3. The molecule has 38 heavy (non-hydrogen) atoms. The monoisotopic (exact) mass is 552 g/mol. The predicted octanol–water partition coefficient (Wildman–Crippen LogP) is 10.5. The van der Waals surface area contributed by atoms with E-state index in [4.69, 9.17) is 0 Å². The maximum absolute atomic E-state index is 12.4. The van der Waals surface area contributed by atoms with Crippen molar-refractivity contribution in [2.24, 2.45) is 0 Å². The second kappa shape index (κ2) is 21.7. The summed E-state index contributed by atoms with van der Waals surface area (Å²) in [6, 6.07) is 1.33. The van der Waals surface area contributed by atoms with Crippen LogP contribution < -0.4 is 0 Å². The van der Waals surface area contributed by atoms with Crippen molar-refractivity contribution in [3.05, 3.63) is 22.8 Å². The Hall–Kier alpha value is -1.07. The molecule has 0 fully saturated rings. The Morgan fingerprint density at radius 1 is 0.500 bits per heavy atom. The van der Waals surface area contributed by atoms with Crippen LogP contribution in [0.2, 0.25) is 0 Å². The molecule has 0 unspecified atom stereocenters. The third-order valence-corrected chi connectivity index (χ3v) is 8.89. The maximum atomic E-state index is 12.4. The summed E-state index contributed by atoms with van der Waals surface area (Å²) in [7, 11) is -4.39. The van der Waals surface area contributed by atoms with Gasteiger partial charge < -0.3 is 5.11 Å². The van der Waals surface area contributed by atoms with Gasteiger partial charge in [0.15, 0.2) is 0 Å². The van der Waals surface area contributed by atoms with Crippen LogP contribution >= 0.6 is 0 Å². The number of phenolic OH excluding ortho intramolecular Hbond substituents is 1. The molecule has 0 aliphatic heterocycles. The van der Waals surface area contributed by atoms with Crippen LogP contribution in [0.3, 0.4) is 0 Å². The van der Waals surface area contributed by atoms with Crippen LogP contribution in [-0.4, -0.2) is 18.1 Å². The average molecular weight is 553 g/mol. The first kappa shape index (κ1) is 35.0. The van der Waals surface area contributed by atoms with Crippen LogP contribution in [0.1, 0.15) is 172 Å². The smallest absolute Gasteiger partial charge is 0.294 e. The molecule has 222 valence electrons. The molecule has 4 nitrogen and oxygen atoms in total. The molecule has 1 rings (SSSR count). The van der Waals surface area contributed by atoms with Crippen molar-refractivity contribution >= 4 is 10.1 Å². The molecule has 2 N–H and O–H groups in total. The fourth-order valence-corrected chi connectivity index (χ4v) is 6.44. The Morgan fingerprint density at radius 3 is 1.18 bits per heavy atom. The summed E-state index contributed by atoms with van der Waals surface area (Å²) in [6.45, 7) is 6.68. The molecule has 0 saturated carbocycles. The van der Waals surface area contributed by atoms with Crippen molar-refractivity contribution in [1.29, 1.82) is 0 Å². The normalized spacial score (nSPS) is 11.9. The van der Waals surface area contributed by atoms with Gasteiger partial charge >= 0.3 is 0 Å². The molecule has 0 spiro atoms. The van der Waals surface area contributed by atoms with Crippen LogP contribution in [0, 0.1) is 0 Å². The molecule has 0 amide bonds. The first-order valence-corrected chi connectivity index (χ1v) is 17.6. The van der Waals surface area contributed by atoms with Gasteiger partial charge in [0, 0.05) is 6.07 Å². The fourth-order valence-electron chi connectivity index (χ4n) is 5.65. The molecule has 0 aromatic heterocycles. The van der Waals surface area contributed by atoms with Crippen LogP contribution in [0.5, 0.6) is 5.75 Å². The third kappa shape index (κ3) is 14.9. The number of phenols is 1. The van der Waals surface area contributed by atoms with Gasteiger partial charge in [-0.3, -0.25) is 4.55 Å². The molecule has 0 atom stereocenters. The summed E-state index contributed by atoms with van der Waals surface area (Å²) in [5, 5.41) is 10.9. The van der Waals surface area contributed by atoms with Crippen molar-refractivity contribution in [2.75, 3.05) is 0 Å². The molecule has 0 saturated heterocycles. The van der Waals surface area contributed by atoms with E-state index < -0.39 is 10.1 Å². The summed E-state index contributed by atoms with van der Waals surface area (Å²) in [6.07, 6.45) is 27.2. The van der Waals surface area contributed by atoms with E-state index in [1.54, 1.807) is 0 Å². The third-order valence-electron chi connectivity index (χ3n) is 7.97. The Kier molecular flexibility index (Phi) is 20.0. The summed E-state index contributed by atoms with van der Waals surface area (Å²) in [4.78, 5) is -0.0674. The van der Waals surface area contributed by atoms with Gasteiger partial charge in [0.2, 0.25) is 0 Å². The second-order valence-electron chi connectivity index (χ2n) is 11.4. The largest absolute Gasteiger partial charge is 0.508 e. The lowest BCUT2D eigenvalue weighted by atomic mass is 9.89. The van der Waals surface area contributed by atoms with Gasteiger partial charge in [0.25, 0.3) is 10.1 Å². The van der Waals surface area contributed by atoms with Crippen molar-refractivity contribution < 1.29 is 18.1 Å². The van der Waals surface area contributed by atoms with Gasteiger partial charge in [-0.2, -0.15) is 8.42 Å². The van der Waals surface area contributed by atoms with Crippen molar-refractivity contribution in [1.82, 2.24) is 0 Å². The molecule has 0 radical (unpaired) electrons. The number of rotatable bonds is 25. The van der Waals surface area contributed by atoms with E-state index in [1.165, 1.54) is 96.0 Å². The molecule has 0 aliphatic rings. The number of hydrogen-bond donors (Lipinski definition) is 2. The van der Waals surface area contributed by atoms with E-state index in [1.807, 2.05) is 0 Å². The van der Waals surface area contributed by atoms with Crippen molar-refractivity contribution in [3.63, 3.8) is 0 Å². The van der Waals surface area contributed by atoms with Gasteiger partial charge in [-0.15, -0.1) is 0 Å². The Morgan fingerprint density at radius 2 is 0.816 bits per heavy atom. The minimum absolute atomic E-state index is 0.0462. The van der Waals surface area contributed by atoms with Gasteiger partial charge in [-0.1, -0.05) is 136 Å². The van der Waals surface area contributed by atoms with E-state index >= 15 is 0 Å². The van der Waals surface area contributed by atoms with E-state index in [9.17, 15) is 18.1 Å². The molecule has 0 aliphatic carbocycles. The number of benzene rings is 1. The molecular weight excluding hydrogens is 492 g/mol. The molecule has 0 heterocycles. The first-order chi connectivity index (χ1) is 18.4. The highest BCUT2D eigenvalue weighted by Crippen LogP contribution is 2.35. The fraction of sp³-hybridized carbons (Fsp3) is 0.818. The number of aromatic hydroxyl groups is 1. The average Bonchev–Trinajstić information content (AvgIpc) is 2.88. The van der Waals surface area contributed by atoms with Crippen molar-refractivity contribution in [2.45, 2.75) is 180 Å². The van der Waals surface area contributed by atoms with Crippen LogP contribution in [0.25, 0.3) is 0 Å². The van der Waals surface area contributed by atoms with E-state index in [-0.39, 0.29) is 10.6 Å². The van der Waals surface area contributed by atoms with Gasteiger partial charge in [-0.25, -0.2) is 0 Å². The minimum Gasteiger partial charge on any atom is -0.508 e. The standard InChI is InChI=1S/C33H60O4S/c1-4-7-10-13-16-19-22-25-29-30(26-23-20-17-14-11-8-5-2)32(34)28-33(38(35,36)37)31(29)27-24-21-18-15-12-9-6-3/h28,34H,4-27H2,1-3H3,(H,35,36,37). The predicted molar refractivity (Wildman–Crippen MR) is 163 cm³/mol. The summed E-state index contributed by atoms with van der Waals surface area (Å²) < 4.78 is 34.8. The van der Waals surface area contributed by atoms with Gasteiger partial charge in [-0.05, 0) is 55.2 Å². The lowest BCUT2D eigenvalue weighted by molar-refractivity contribution is 0.455.